The highest BCUT2D eigenvalue weighted by Gasteiger charge is 2.23. The summed E-state index contributed by atoms with van der Waals surface area (Å²) in [6, 6.07) is 7.86. The predicted octanol–water partition coefficient (Wildman–Crippen LogP) is 1.58. The molecule has 0 saturated heterocycles. The van der Waals surface area contributed by atoms with Crippen LogP contribution >= 0.6 is 0 Å². The van der Waals surface area contributed by atoms with Crippen LogP contribution in [0.15, 0.2) is 24.3 Å². The topological polar surface area (TPSA) is 73.1 Å². The summed E-state index contributed by atoms with van der Waals surface area (Å²) in [6.07, 6.45) is -0.533. The van der Waals surface area contributed by atoms with Crippen molar-refractivity contribution in [2.45, 2.75) is 13.8 Å². The van der Waals surface area contributed by atoms with Crippen LogP contribution in [0.5, 0.6) is 0 Å². The van der Waals surface area contributed by atoms with Crippen LogP contribution < -0.4 is 9.72 Å². The molecule has 1 aromatic carbocycles. The Hall–Kier alpha value is -2.70. The highest BCUT2D eigenvalue weighted by molar-refractivity contribution is 5.83. The Labute approximate surface area is 121 Å². The Morgan fingerprint density at radius 2 is 2.19 bits per heavy atom. The third-order valence-electron chi connectivity index (χ3n) is 3.24. The van der Waals surface area contributed by atoms with Gasteiger partial charge in [-0.15, -0.1) is 9.67 Å². The molecule has 2 aromatic heterocycles. The van der Waals surface area contributed by atoms with Gasteiger partial charge in [-0.05, 0) is 31.1 Å². The molecule has 0 aliphatic carbocycles. The number of para-hydroxylation sites is 1. The van der Waals surface area contributed by atoms with E-state index in [0.717, 1.165) is 16.6 Å². The van der Waals surface area contributed by atoms with Gasteiger partial charge in [0.25, 0.3) is 0 Å². The van der Waals surface area contributed by atoms with Gasteiger partial charge in [-0.2, -0.15) is 4.40 Å². The number of aryl methyl sites for hydroxylation is 2. The van der Waals surface area contributed by atoms with Gasteiger partial charge in [-0.25, -0.2) is 10.1 Å². The van der Waals surface area contributed by atoms with Gasteiger partial charge in [-0.1, -0.05) is 12.1 Å². The van der Waals surface area contributed by atoms with Crippen molar-refractivity contribution < 1.29 is 13.9 Å². The van der Waals surface area contributed by atoms with Gasteiger partial charge < -0.3 is 4.74 Å². The monoisotopic (exact) mass is 286 g/mol. The van der Waals surface area contributed by atoms with Crippen molar-refractivity contribution in [2.75, 3.05) is 11.9 Å². The molecule has 0 bridgehead atoms. The van der Waals surface area contributed by atoms with Crippen molar-refractivity contribution in [1.29, 1.82) is 0 Å². The predicted molar refractivity (Wildman–Crippen MR) is 77.1 cm³/mol. The molecule has 108 valence electrons. The SMILES string of the molecule is CCOC(=O)Nc1nn(C)c2nc(C)c3ccccc3[n+]12. The van der Waals surface area contributed by atoms with E-state index < -0.39 is 6.09 Å². The van der Waals surface area contributed by atoms with Gasteiger partial charge in [0.2, 0.25) is 0 Å². The first-order chi connectivity index (χ1) is 10.1. The Morgan fingerprint density at radius 1 is 1.43 bits per heavy atom. The molecule has 0 aliphatic heterocycles. The van der Waals surface area contributed by atoms with Gasteiger partial charge in [0.05, 0.1) is 24.9 Å². The minimum atomic E-state index is -0.533. The maximum atomic E-state index is 11.7. The van der Waals surface area contributed by atoms with E-state index in [9.17, 15) is 4.79 Å². The fourth-order valence-corrected chi connectivity index (χ4v) is 2.34. The number of anilines is 1. The molecule has 1 N–H and O–H groups in total. The lowest BCUT2D eigenvalue weighted by Gasteiger charge is -2.02. The van der Waals surface area contributed by atoms with Gasteiger partial charge in [0.15, 0.2) is 0 Å². The molecule has 0 atom stereocenters. The van der Waals surface area contributed by atoms with Gasteiger partial charge in [-0.3, -0.25) is 0 Å². The van der Waals surface area contributed by atoms with Crippen LogP contribution in [0.4, 0.5) is 10.7 Å². The number of amides is 1. The molecule has 0 aliphatic rings. The number of nitrogens with zero attached hydrogens (tertiary/aromatic N) is 4. The lowest BCUT2D eigenvalue weighted by atomic mass is 10.2. The Kier molecular flexibility index (Phi) is 3.17. The second-order valence-corrected chi connectivity index (χ2v) is 4.64. The van der Waals surface area contributed by atoms with E-state index in [1.54, 1.807) is 23.1 Å². The Balaban J connectivity index is 2.26. The largest absolute Gasteiger partial charge is 0.451 e. The summed E-state index contributed by atoms with van der Waals surface area (Å²) in [5.41, 5.74) is 1.84. The smallest absolute Gasteiger partial charge is 0.443 e. The quantitative estimate of drug-likeness (QED) is 0.726. The summed E-state index contributed by atoms with van der Waals surface area (Å²) >= 11 is 0. The molecule has 3 aromatic rings. The molecule has 1 amide bonds. The van der Waals surface area contributed by atoms with Crippen molar-refractivity contribution in [2.24, 2.45) is 7.05 Å². The minimum absolute atomic E-state index is 0.305. The van der Waals surface area contributed by atoms with Crippen molar-refractivity contribution in [3.05, 3.63) is 30.0 Å². The standard InChI is InChI=1S/C14H15N5O2/c1-4-21-14(20)16-12-17-18(3)13-15-9(2)10-7-5-6-8-11(10)19(12)13/h5-8H,4H2,1-3H3/p+1. The van der Waals surface area contributed by atoms with Crippen LogP contribution in [0.3, 0.4) is 0 Å². The van der Waals surface area contributed by atoms with Crippen molar-refractivity contribution in [3.8, 4) is 0 Å². The second-order valence-electron chi connectivity index (χ2n) is 4.64. The fraction of sp³-hybridized carbons (Fsp3) is 0.286. The molecular weight excluding hydrogens is 270 g/mol. The maximum Gasteiger partial charge on any atom is 0.451 e. The van der Waals surface area contributed by atoms with Crippen molar-refractivity contribution in [1.82, 2.24) is 14.8 Å². The zero-order chi connectivity index (χ0) is 15.0. The summed E-state index contributed by atoms with van der Waals surface area (Å²) in [6.45, 7) is 4.01. The average molecular weight is 286 g/mol. The molecule has 7 nitrogen and oxygen atoms in total. The first-order valence-corrected chi connectivity index (χ1v) is 6.69. The van der Waals surface area contributed by atoms with Crippen LogP contribution in [0.1, 0.15) is 12.6 Å². The van der Waals surface area contributed by atoms with E-state index in [1.807, 2.05) is 31.2 Å². The normalized spacial score (nSPS) is 11.0. The number of carbonyl (C=O) groups is 1. The van der Waals surface area contributed by atoms with Crippen molar-refractivity contribution >= 4 is 28.7 Å². The molecule has 0 saturated carbocycles. The lowest BCUT2D eigenvalue weighted by Crippen LogP contribution is -2.30. The van der Waals surface area contributed by atoms with E-state index in [1.165, 1.54) is 0 Å². The highest BCUT2D eigenvalue weighted by atomic mass is 16.5. The molecule has 2 heterocycles. The molecule has 0 fully saturated rings. The minimum Gasteiger partial charge on any atom is -0.443 e. The van der Waals surface area contributed by atoms with Crippen LogP contribution in [0, 0.1) is 6.92 Å². The fourth-order valence-electron chi connectivity index (χ4n) is 2.34. The number of hydrogen-bond donors (Lipinski definition) is 1. The summed E-state index contributed by atoms with van der Waals surface area (Å²) in [5.74, 6) is 1.03. The maximum absolute atomic E-state index is 11.7. The average Bonchev–Trinajstić information content (AvgIpc) is 2.76. The molecular formula is C14H16N5O2+. The number of hydrogen-bond acceptors (Lipinski definition) is 4. The molecule has 0 unspecified atom stereocenters. The van der Waals surface area contributed by atoms with Gasteiger partial charge in [0.1, 0.15) is 0 Å². The summed E-state index contributed by atoms with van der Waals surface area (Å²) in [4.78, 5) is 16.2. The van der Waals surface area contributed by atoms with Crippen LogP contribution in [0.2, 0.25) is 0 Å². The third kappa shape index (κ3) is 2.16. The number of fused-ring (bicyclic) bond motifs is 3. The number of ether oxygens (including phenoxy) is 1. The van der Waals surface area contributed by atoms with E-state index in [4.69, 9.17) is 4.74 Å². The molecule has 0 spiro atoms. The Bertz CT molecular complexity index is 840. The first-order valence-electron chi connectivity index (χ1n) is 6.69. The molecule has 3 rings (SSSR count). The molecule has 7 heteroatoms. The van der Waals surface area contributed by atoms with E-state index in [0.29, 0.717) is 18.3 Å². The number of nitrogens with one attached hydrogen (secondary N) is 1. The number of aromatic nitrogens is 4. The Morgan fingerprint density at radius 3 is 2.95 bits per heavy atom. The summed E-state index contributed by atoms with van der Waals surface area (Å²) in [7, 11) is 1.78. The molecule has 0 radical (unpaired) electrons. The lowest BCUT2D eigenvalue weighted by molar-refractivity contribution is -0.468. The number of benzene rings is 1. The van der Waals surface area contributed by atoms with Gasteiger partial charge in [0, 0.05) is 5.39 Å². The zero-order valence-corrected chi connectivity index (χ0v) is 12.1. The summed E-state index contributed by atoms with van der Waals surface area (Å²) < 4.78 is 8.34. The highest BCUT2D eigenvalue weighted by Crippen LogP contribution is 2.15. The third-order valence-corrected chi connectivity index (χ3v) is 3.24. The summed E-state index contributed by atoms with van der Waals surface area (Å²) in [5, 5.41) is 7.97. The van der Waals surface area contributed by atoms with Crippen LogP contribution in [-0.4, -0.2) is 27.5 Å². The van der Waals surface area contributed by atoms with E-state index in [2.05, 4.69) is 15.4 Å². The zero-order valence-electron chi connectivity index (χ0n) is 12.1. The van der Waals surface area contributed by atoms with Gasteiger partial charge >= 0.3 is 17.8 Å². The molecule has 21 heavy (non-hydrogen) atoms. The number of rotatable bonds is 2. The van der Waals surface area contributed by atoms with E-state index in [-0.39, 0.29) is 0 Å². The van der Waals surface area contributed by atoms with E-state index >= 15 is 0 Å². The van der Waals surface area contributed by atoms with Crippen molar-refractivity contribution in [3.63, 3.8) is 0 Å². The first kappa shape index (κ1) is 13.3. The van der Waals surface area contributed by atoms with Crippen LogP contribution in [0.25, 0.3) is 16.7 Å². The second kappa shape index (κ2) is 5.01. The van der Waals surface area contributed by atoms with Crippen LogP contribution in [-0.2, 0) is 11.8 Å². The number of carbonyl (C=O) groups excluding carboxylic acids is 1.